The predicted octanol–water partition coefficient (Wildman–Crippen LogP) is 4.17. The Morgan fingerprint density at radius 1 is 1.19 bits per heavy atom. The fourth-order valence-corrected chi connectivity index (χ4v) is 4.67. The van der Waals surface area contributed by atoms with Crippen LogP contribution in [0, 0.1) is 17.2 Å². The van der Waals surface area contributed by atoms with Crippen LogP contribution < -0.4 is 11.1 Å². The molecule has 2 aliphatic rings. The van der Waals surface area contributed by atoms with E-state index in [2.05, 4.69) is 16.4 Å². The number of carbonyl (C=O) groups is 1. The monoisotopic (exact) mass is 415 g/mol. The number of hydrogen-bond donors (Lipinski definition) is 2. The zero-order valence-corrected chi connectivity index (χ0v) is 18.0. The van der Waals surface area contributed by atoms with Gasteiger partial charge < -0.3 is 11.1 Å². The maximum atomic E-state index is 13.1. The third kappa shape index (κ3) is 4.72. The number of nitrogens with one attached hydrogen (secondary N) is 1. The lowest BCUT2D eigenvalue weighted by Crippen LogP contribution is -2.43. The molecule has 1 saturated carbocycles. The number of anilines is 1. The molecule has 31 heavy (non-hydrogen) atoms. The molecule has 3 N–H and O–H groups in total. The van der Waals surface area contributed by atoms with Crippen molar-refractivity contribution in [3.63, 3.8) is 0 Å². The lowest BCUT2D eigenvalue weighted by Gasteiger charge is -2.24. The van der Waals surface area contributed by atoms with Crippen molar-refractivity contribution in [1.29, 1.82) is 5.26 Å². The van der Waals surface area contributed by atoms with Crippen LogP contribution in [0.25, 0.3) is 0 Å². The summed E-state index contributed by atoms with van der Waals surface area (Å²) in [7, 11) is 0. The predicted molar refractivity (Wildman–Crippen MR) is 122 cm³/mol. The molecule has 1 aliphatic heterocycles. The van der Waals surface area contributed by atoms with E-state index in [4.69, 9.17) is 11.0 Å². The molecular formula is C25H29N5O. The van der Waals surface area contributed by atoms with E-state index in [1.807, 2.05) is 49.4 Å². The summed E-state index contributed by atoms with van der Waals surface area (Å²) in [6.45, 7) is 3.02. The van der Waals surface area contributed by atoms with Crippen molar-refractivity contribution in [2.75, 3.05) is 5.32 Å². The summed E-state index contributed by atoms with van der Waals surface area (Å²) in [5, 5.41) is 12.3. The summed E-state index contributed by atoms with van der Waals surface area (Å²) < 4.78 is 0. The van der Waals surface area contributed by atoms with Crippen molar-refractivity contribution in [1.82, 2.24) is 4.90 Å². The first-order chi connectivity index (χ1) is 15.0. The van der Waals surface area contributed by atoms with Crippen LogP contribution in [0.15, 0.2) is 53.5 Å². The van der Waals surface area contributed by atoms with Crippen molar-refractivity contribution in [3.05, 3.63) is 65.2 Å². The summed E-state index contributed by atoms with van der Waals surface area (Å²) in [5.74, 6) is 0.916. The van der Waals surface area contributed by atoms with E-state index in [0.717, 1.165) is 23.2 Å². The minimum absolute atomic E-state index is 0.0139. The van der Waals surface area contributed by atoms with E-state index in [9.17, 15) is 4.79 Å². The first-order valence-corrected chi connectivity index (χ1v) is 11.0. The molecule has 1 fully saturated rings. The van der Waals surface area contributed by atoms with Gasteiger partial charge in [0, 0.05) is 12.2 Å². The first kappa shape index (κ1) is 20.9. The molecule has 0 saturated heterocycles. The van der Waals surface area contributed by atoms with Crippen molar-refractivity contribution in [2.45, 2.75) is 57.7 Å². The maximum Gasteiger partial charge on any atom is 0.257 e. The lowest BCUT2D eigenvalue weighted by atomic mass is 9.88. The van der Waals surface area contributed by atoms with Crippen molar-refractivity contribution in [2.24, 2.45) is 16.6 Å². The second-order valence-electron chi connectivity index (χ2n) is 8.85. The van der Waals surface area contributed by atoms with Crippen molar-refractivity contribution >= 4 is 17.6 Å². The first-order valence-electron chi connectivity index (χ1n) is 11.0. The number of nitriles is 1. The van der Waals surface area contributed by atoms with Gasteiger partial charge in [-0.3, -0.25) is 9.69 Å². The van der Waals surface area contributed by atoms with Gasteiger partial charge in [-0.15, -0.1) is 0 Å². The molecule has 1 heterocycles. The average molecular weight is 416 g/mol. The normalized spacial score (nSPS) is 21.2. The molecule has 1 amide bonds. The highest BCUT2D eigenvalue weighted by Crippen LogP contribution is 2.36. The quantitative estimate of drug-likeness (QED) is 0.710. The Morgan fingerprint density at radius 2 is 1.90 bits per heavy atom. The second-order valence-corrected chi connectivity index (χ2v) is 8.85. The average Bonchev–Trinajstić information content (AvgIpc) is 3.35. The van der Waals surface area contributed by atoms with Gasteiger partial charge in [0.05, 0.1) is 18.2 Å². The smallest absolute Gasteiger partial charge is 0.257 e. The van der Waals surface area contributed by atoms with E-state index in [0.29, 0.717) is 30.5 Å². The highest BCUT2D eigenvalue weighted by molar-refractivity contribution is 6.06. The summed E-state index contributed by atoms with van der Waals surface area (Å²) in [6, 6.07) is 17.7. The lowest BCUT2D eigenvalue weighted by molar-refractivity contribution is -0.131. The van der Waals surface area contributed by atoms with E-state index in [-0.39, 0.29) is 5.91 Å². The number of amides is 1. The van der Waals surface area contributed by atoms with Crippen molar-refractivity contribution in [3.8, 4) is 6.07 Å². The summed E-state index contributed by atoms with van der Waals surface area (Å²) in [5.41, 5.74) is 9.12. The number of carbonyl (C=O) groups excluding carboxylic acids is 1. The third-order valence-corrected chi connectivity index (χ3v) is 6.36. The van der Waals surface area contributed by atoms with Gasteiger partial charge in [0.25, 0.3) is 5.91 Å². The number of hydrogen-bond acceptors (Lipinski definition) is 5. The van der Waals surface area contributed by atoms with Crippen LogP contribution in [0.1, 0.15) is 55.7 Å². The zero-order chi connectivity index (χ0) is 21.8. The van der Waals surface area contributed by atoms with Crippen LogP contribution >= 0.6 is 0 Å². The van der Waals surface area contributed by atoms with Gasteiger partial charge in [-0.2, -0.15) is 5.26 Å². The number of nitrogens with two attached hydrogens (primary N) is 1. The Kier molecular flexibility index (Phi) is 5.94. The van der Waals surface area contributed by atoms with Gasteiger partial charge in [-0.05, 0) is 48.6 Å². The zero-order valence-electron chi connectivity index (χ0n) is 18.0. The standard InChI is InChI=1S/C25H29N5O/c1-25(14-18-5-2-3-6-18)23(31)30(24(27)29-25)17-20-11-9-19(10-12-20)16-28-22-8-4-7-21(13-22)15-26/h4,7-13,18,28H,2-3,5-6,14,16-17H2,1H3,(H2,27,29)/t25-/m1/s1. The number of aliphatic imine (C=N–C) groups is 1. The van der Waals surface area contributed by atoms with Gasteiger partial charge >= 0.3 is 0 Å². The molecule has 4 rings (SSSR count). The number of guanidine groups is 1. The number of rotatable bonds is 7. The van der Waals surface area contributed by atoms with Crippen LogP contribution in [0.5, 0.6) is 0 Å². The van der Waals surface area contributed by atoms with E-state index in [1.54, 1.807) is 11.0 Å². The number of nitrogens with zero attached hydrogens (tertiary/aromatic N) is 3. The molecule has 2 aromatic carbocycles. The van der Waals surface area contributed by atoms with E-state index in [1.165, 1.54) is 25.7 Å². The van der Waals surface area contributed by atoms with Crippen LogP contribution in [-0.4, -0.2) is 22.3 Å². The molecule has 160 valence electrons. The molecular weight excluding hydrogens is 386 g/mol. The Balaban J connectivity index is 1.35. The molecule has 1 atom stereocenters. The van der Waals surface area contributed by atoms with Crippen LogP contribution in [0.4, 0.5) is 5.69 Å². The molecule has 2 aromatic rings. The molecule has 0 unspecified atom stereocenters. The highest BCUT2D eigenvalue weighted by Gasteiger charge is 2.45. The Hall–Kier alpha value is -3.33. The molecule has 0 aromatic heterocycles. The van der Waals surface area contributed by atoms with Gasteiger partial charge in [0.15, 0.2) is 5.96 Å². The maximum absolute atomic E-state index is 13.1. The summed E-state index contributed by atoms with van der Waals surface area (Å²) in [6.07, 6.45) is 5.68. The minimum Gasteiger partial charge on any atom is -0.381 e. The van der Waals surface area contributed by atoms with Gasteiger partial charge in [0.2, 0.25) is 0 Å². The molecule has 1 aliphatic carbocycles. The summed E-state index contributed by atoms with van der Waals surface area (Å²) in [4.78, 5) is 19.3. The van der Waals surface area contributed by atoms with Crippen LogP contribution in [0.2, 0.25) is 0 Å². The Morgan fingerprint density at radius 3 is 2.61 bits per heavy atom. The van der Waals surface area contributed by atoms with Gasteiger partial charge in [-0.25, -0.2) is 4.99 Å². The Labute approximate surface area is 183 Å². The van der Waals surface area contributed by atoms with E-state index < -0.39 is 5.54 Å². The second kappa shape index (κ2) is 8.81. The fourth-order valence-electron chi connectivity index (χ4n) is 4.67. The van der Waals surface area contributed by atoms with Crippen LogP contribution in [-0.2, 0) is 17.9 Å². The fraction of sp³-hybridized carbons (Fsp3) is 0.400. The SMILES string of the molecule is C[C@]1(CC2CCCC2)N=C(N)N(Cc2ccc(CNc3cccc(C#N)c3)cc2)C1=O. The summed E-state index contributed by atoms with van der Waals surface area (Å²) >= 11 is 0. The molecule has 6 nitrogen and oxygen atoms in total. The number of benzene rings is 2. The molecule has 0 spiro atoms. The molecule has 6 heteroatoms. The van der Waals surface area contributed by atoms with E-state index >= 15 is 0 Å². The Bertz CT molecular complexity index is 1020. The van der Waals surface area contributed by atoms with Gasteiger partial charge in [0.1, 0.15) is 5.54 Å². The van der Waals surface area contributed by atoms with Gasteiger partial charge in [-0.1, -0.05) is 56.0 Å². The molecule has 0 bridgehead atoms. The third-order valence-electron chi connectivity index (χ3n) is 6.36. The minimum atomic E-state index is -0.721. The highest BCUT2D eigenvalue weighted by atomic mass is 16.2. The topological polar surface area (TPSA) is 94.5 Å². The largest absolute Gasteiger partial charge is 0.381 e. The van der Waals surface area contributed by atoms with Crippen LogP contribution in [0.3, 0.4) is 0 Å². The van der Waals surface area contributed by atoms with Crippen molar-refractivity contribution < 1.29 is 4.79 Å². The molecule has 0 radical (unpaired) electrons.